The Kier molecular flexibility index (Phi) is 6.34. The van der Waals surface area contributed by atoms with E-state index < -0.39 is 5.82 Å². The highest BCUT2D eigenvalue weighted by Crippen LogP contribution is 2.23. The molecule has 2 aromatic rings. The number of para-hydroxylation sites is 1. The molecule has 0 radical (unpaired) electrons. The molecule has 0 saturated carbocycles. The van der Waals surface area contributed by atoms with Crippen molar-refractivity contribution < 1.29 is 13.9 Å². The fourth-order valence-electron chi connectivity index (χ4n) is 3.19. The van der Waals surface area contributed by atoms with Crippen molar-refractivity contribution >= 4 is 17.5 Å². The maximum atomic E-state index is 13.2. The average molecular weight is 391 g/mol. The van der Waals surface area contributed by atoms with Crippen LogP contribution in [0.2, 0.25) is 5.02 Å². The third kappa shape index (κ3) is 4.99. The third-order valence-electron chi connectivity index (χ3n) is 4.55. The molecule has 1 heterocycles. The first-order valence-corrected chi connectivity index (χ1v) is 9.53. The number of ether oxygens (including phenoxy) is 1. The normalized spacial score (nSPS) is 15.2. The number of amides is 1. The SMILES string of the molecule is CC(C)Oc1ccccc1CN1CCN(C(=O)c2ccc(F)cc2Cl)CC1. The van der Waals surface area contributed by atoms with E-state index in [-0.39, 0.29) is 17.0 Å². The largest absolute Gasteiger partial charge is 0.491 e. The van der Waals surface area contributed by atoms with Gasteiger partial charge in [0.2, 0.25) is 0 Å². The number of benzene rings is 2. The first-order valence-electron chi connectivity index (χ1n) is 9.15. The second kappa shape index (κ2) is 8.72. The molecule has 144 valence electrons. The predicted octanol–water partition coefficient (Wildman–Crippen LogP) is 4.22. The van der Waals surface area contributed by atoms with Gasteiger partial charge in [-0.15, -0.1) is 0 Å². The lowest BCUT2D eigenvalue weighted by Crippen LogP contribution is -2.48. The minimum Gasteiger partial charge on any atom is -0.491 e. The van der Waals surface area contributed by atoms with Crippen LogP contribution in [0.1, 0.15) is 29.8 Å². The van der Waals surface area contributed by atoms with E-state index in [9.17, 15) is 9.18 Å². The van der Waals surface area contributed by atoms with Crippen LogP contribution in [0, 0.1) is 5.82 Å². The zero-order valence-corrected chi connectivity index (χ0v) is 16.4. The Balaban J connectivity index is 1.60. The zero-order chi connectivity index (χ0) is 19.4. The van der Waals surface area contributed by atoms with Crippen molar-refractivity contribution in [2.75, 3.05) is 26.2 Å². The number of piperazine rings is 1. The van der Waals surface area contributed by atoms with Crippen LogP contribution < -0.4 is 4.74 Å². The number of hydrogen-bond donors (Lipinski definition) is 0. The first kappa shape index (κ1) is 19.6. The van der Waals surface area contributed by atoms with Gasteiger partial charge in [0.15, 0.2) is 0 Å². The highest BCUT2D eigenvalue weighted by Gasteiger charge is 2.24. The molecule has 0 bridgehead atoms. The molecule has 27 heavy (non-hydrogen) atoms. The van der Waals surface area contributed by atoms with E-state index in [4.69, 9.17) is 16.3 Å². The highest BCUT2D eigenvalue weighted by molar-refractivity contribution is 6.33. The van der Waals surface area contributed by atoms with Gasteiger partial charge in [0, 0.05) is 38.3 Å². The molecule has 1 fully saturated rings. The molecule has 0 atom stereocenters. The first-order chi connectivity index (χ1) is 12.9. The van der Waals surface area contributed by atoms with Crippen LogP contribution in [0.3, 0.4) is 0 Å². The van der Waals surface area contributed by atoms with Crippen molar-refractivity contribution in [3.05, 3.63) is 64.4 Å². The molecular weight excluding hydrogens is 367 g/mol. The molecule has 0 unspecified atom stereocenters. The summed E-state index contributed by atoms with van der Waals surface area (Å²) in [7, 11) is 0. The average Bonchev–Trinajstić information content (AvgIpc) is 2.63. The summed E-state index contributed by atoms with van der Waals surface area (Å²) in [5, 5.41) is 0.155. The van der Waals surface area contributed by atoms with E-state index in [1.165, 1.54) is 18.2 Å². The van der Waals surface area contributed by atoms with E-state index in [0.717, 1.165) is 30.9 Å². The van der Waals surface area contributed by atoms with E-state index in [1.54, 1.807) is 4.90 Å². The third-order valence-corrected chi connectivity index (χ3v) is 4.86. The number of carbonyl (C=O) groups excluding carboxylic acids is 1. The number of carbonyl (C=O) groups is 1. The molecule has 6 heteroatoms. The molecule has 2 aromatic carbocycles. The number of hydrogen-bond acceptors (Lipinski definition) is 3. The van der Waals surface area contributed by atoms with Crippen molar-refractivity contribution in [3.8, 4) is 5.75 Å². The van der Waals surface area contributed by atoms with Crippen molar-refractivity contribution in [3.63, 3.8) is 0 Å². The minimum atomic E-state index is -0.441. The van der Waals surface area contributed by atoms with Gasteiger partial charge < -0.3 is 9.64 Å². The summed E-state index contributed by atoms with van der Waals surface area (Å²) < 4.78 is 19.1. The molecule has 0 aromatic heterocycles. The van der Waals surface area contributed by atoms with Crippen LogP contribution in [0.5, 0.6) is 5.75 Å². The van der Waals surface area contributed by atoms with Gasteiger partial charge in [0.1, 0.15) is 11.6 Å². The van der Waals surface area contributed by atoms with Crippen molar-refractivity contribution in [1.29, 1.82) is 0 Å². The summed E-state index contributed by atoms with van der Waals surface area (Å²) in [5.41, 5.74) is 1.50. The Morgan fingerprint density at radius 2 is 1.85 bits per heavy atom. The van der Waals surface area contributed by atoms with Crippen LogP contribution in [0.4, 0.5) is 4.39 Å². The maximum Gasteiger partial charge on any atom is 0.255 e. The van der Waals surface area contributed by atoms with E-state index in [1.807, 2.05) is 32.0 Å². The van der Waals surface area contributed by atoms with Gasteiger partial charge in [-0.3, -0.25) is 9.69 Å². The van der Waals surface area contributed by atoms with Gasteiger partial charge in [-0.25, -0.2) is 4.39 Å². The molecule has 1 aliphatic heterocycles. The Morgan fingerprint density at radius 3 is 2.52 bits per heavy atom. The smallest absolute Gasteiger partial charge is 0.255 e. The summed E-state index contributed by atoms with van der Waals surface area (Å²) in [4.78, 5) is 16.7. The lowest BCUT2D eigenvalue weighted by atomic mass is 10.1. The standard InChI is InChI=1S/C21H24ClFN2O2/c1-15(2)27-20-6-4-3-5-16(20)14-24-9-11-25(12-10-24)21(26)18-8-7-17(23)13-19(18)22/h3-8,13,15H,9-12,14H2,1-2H3. The summed E-state index contributed by atoms with van der Waals surface area (Å²) in [5.74, 6) is 0.316. The Hall–Kier alpha value is -2.11. The fourth-order valence-corrected chi connectivity index (χ4v) is 3.43. The van der Waals surface area contributed by atoms with Gasteiger partial charge in [0.25, 0.3) is 5.91 Å². The monoisotopic (exact) mass is 390 g/mol. The van der Waals surface area contributed by atoms with Crippen LogP contribution >= 0.6 is 11.6 Å². The van der Waals surface area contributed by atoms with Gasteiger partial charge in [-0.05, 0) is 38.1 Å². The highest BCUT2D eigenvalue weighted by atomic mass is 35.5. The van der Waals surface area contributed by atoms with Gasteiger partial charge in [-0.1, -0.05) is 29.8 Å². The van der Waals surface area contributed by atoms with E-state index in [0.29, 0.717) is 18.7 Å². The molecule has 1 aliphatic rings. The van der Waals surface area contributed by atoms with E-state index in [2.05, 4.69) is 11.0 Å². The topological polar surface area (TPSA) is 32.8 Å². The van der Waals surface area contributed by atoms with Gasteiger partial charge in [-0.2, -0.15) is 0 Å². The summed E-state index contributed by atoms with van der Waals surface area (Å²) in [6, 6.07) is 12.0. The second-order valence-electron chi connectivity index (χ2n) is 6.97. The molecule has 1 amide bonds. The summed E-state index contributed by atoms with van der Waals surface area (Å²) >= 11 is 6.03. The molecule has 4 nitrogen and oxygen atoms in total. The molecule has 0 spiro atoms. The maximum absolute atomic E-state index is 13.2. The van der Waals surface area contributed by atoms with Crippen LogP contribution in [-0.4, -0.2) is 48.0 Å². The van der Waals surface area contributed by atoms with Gasteiger partial charge in [0.05, 0.1) is 16.7 Å². The fraction of sp³-hybridized carbons (Fsp3) is 0.381. The quantitative estimate of drug-likeness (QED) is 0.766. The van der Waals surface area contributed by atoms with Crippen LogP contribution in [-0.2, 0) is 6.54 Å². The van der Waals surface area contributed by atoms with Crippen LogP contribution in [0.15, 0.2) is 42.5 Å². The van der Waals surface area contributed by atoms with Gasteiger partial charge >= 0.3 is 0 Å². The lowest BCUT2D eigenvalue weighted by Gasteiger charge is -2.35. The molecule has 1 saturated heterocycles. The summed E-state index contributed by atoms with van der Waals surface area (Å²) in [6.45, 7) is 7.56. The molecule has 3 rings (SSSR count). The molecule has 0 N–H and O–H groups in total. The minimum absolute atomic E-state index is 0.126. The van der Waals surface area contributed by atoms with Crippen molar-refractivity contribution in [2.24, 2.45) is 0 Å². The number of nitrogens with zero attached hydrogens (tertiary/aromatic N) is 2. The van der Waals surface area contributed by atoms with E-state index >= 15 is 0 Å². The number of rotatable bonds is 5. The second-order valence-corrected chi connectivity index (χ2v) is 7.37. The van der Waals surface area contributed by atoms with Crippen molar-refractivity contribution in [2.45, 2.75) is 26.5 Å². The lowest BCUT2D eigenvalue weighted by molar-refractivity contribution is 0.0626. The summed E-state index contributed by atoms with van der Waals surface area (Å²) in [6.07, 6.45) is 0.126. The zero-order valence-electron chi connectivity index (χ0n) is 15.6. The Morgan fingerprint density at radius 1 is 1.15 bits per heavy atom. The predicted molar refractivity (Wildman–Crippen MR) is 105 cm³/mol. The molecular formula is C21H24ClFN2O2. The van der Waals surface area contributed by atoms with Crippen molar-refractivity contribution in [1.82, 2.24) is 9.80 Å². The van der Waals surface area contributed by atoms with Crippen LogP contribution in [0.25, 0.3) is 0 Å². The molecule has 0 aliphatic carbocycles. The Labute approximate surface area is 164 Å². The Bertz CT molecular complexity index is 805. The number of halogens is 2.